The predicted molar refractivity (Wildman–Crippen MR) is 158 cm³/mol. The lowest BCUT2D eigenvalue weighted by atomic mass is 9.96. The van der Waals surface area contributed by atoms with Gasteiger partial charge in [-0.1, -0.05) is 60.1 Å². The summed E-state index contributed by atoms with van der Waals surface area (Å²) in [5.41, 5.74) is 13.1. The minimum Gasteiger partial charge on any atom is -0.481 e. The van der Waals surface area contributed by atoms with Crippen molar-refractivity contribution in [1.82, 2.24) is 5.32 Å². The van der Waals surface area contributed by atoms with Gasteiger partial charge in [-0.2, -0.15) is 0 Å². The van der Waals surface area contributed by atoms with Crippen molar-refractivity contribution < 1.29 is 48.0 Å². The number of unbranched alkanes of at least 4 members (excludes halogenated alkanes) is 2. The number of hydrogen-bond acceptors (Lipinski definition) is 10. The van der Waals surface area contributed by atoms with E-state index in [1.807, 2.05) is 48.5 Å². The molecule has 1 aliphatic heterocycles. The molecule has 1 heterocycles. The van der Waals surface area contributed by atoms with Gasteiger partial charge in [0.25, 0.3) is 0 Å². The highest BCUT2D eigenvalue weighted by Gasteiger charge is 2.51. The number of alkyl carbamates (subject to hydrolysis) is 1. The van der Waals surface area contributed by atoms with Crippen molar-refractivity contribution >= 4 is 24.0 Å². The van der Waals surface area contributed by atoms with Crippen molar-refractivity contribution in [2.24, 2.45) is 5.11 Å². The quantitative estimate of drug-likeness (QED) is 0.0756. The van der Waals surface area contributed by atoms with Gasteiger partial charge in [-0.3, -0.25) is 14.4 Å². The Kier molecular flexibility index (Phi) is 11.7. The fourth-order valence-electron chi connectivity index (χ4n) is 5.66. The molecule has 2 aliphatic rings. The van der Waals surface area contributed by atoms with E-state index in [4.69, 9.17) is 34.3 Å². The summed E-state index contributed by atoms with van der Waals surface area (Å²) in [6.07, 6.45) is -4.25. The average molecular weight is 625 g/mol. The fourth-order valence-corrected chi connectivity index (χ4v) is 5.66. The van der Waals surface area contributed by atoms with Crippen molar-refractivity contribution in [3.63, 3.8) is 0 Å². The minimum atomic E-state index is -1.29. The topological polar surface area (TPSA) is 195 Å². The summed E-state index contributed by atoms with van der Waals surface area (Å²) in [7, 11) is 0. The Morgan fingerprint density at radius 1 is 0.933 bits per heavy atom. The molecule has 5 unspecified atom stereocenters. The van der Waals surface area contributed by atoms with Crippen LogP contribution >= 0.6 is 0 Å². The van der Waals surface area contributed by atoms with Crippen molar-refractivity contribution in [2.45, 2.75) is 76.1 Å². The number of ether oxygens (including phenoxy) is 5. The van der Waals surface area contributed by atoms with E-state index in [9.17, 15) is 19.2 Å². The number of carboxylic acids is 1. The summed E-state index contributed by atoms with van der Waals surface area (Å²) < 4.78 is 28.7. The Labute approximate surface area is 259 Å². The van der Waals surface area contributed by atoms with Crippen LogP contribution in [0.3, 0.4) is 0 Å². The first-order chi connectivity index (χ1) is 21.7. The number of carbonyl (C=O) groups is 4. The lowest BCUT2D eigenvalue weighted by Gasteiger charge is -2.44. The standard InChI is InChI=1S/C31H36N4O10/c1-18(36)43-28-25(16-33-35-32)45-30(41-15-9-3-4-14-26(38)39)27(29(28)44-19(2)37)34-31(40)42-17-24-22-12-7-5-10-20(22)21-11-6-8-13-23(21)24/h5-8,10-13,24-25,27-30H,3-4,9,14-17H2,1-2H3,(H,34,40)(H,38,39). The molecule has 5 atom stereocenters. The molecule has 0 radical (unpaired) electrons. The van der Waals surface area contributed by atoms with Crippen LogP contribution < -0.4 is 5.32 Å². The summed E-state index contributed by atoms with van der Waals surface area (Å²) >= 11 is 0. The monoisotopic (exact) mass is 624 g/mol. The van der Waals surface area contributed by atoms with Gasteiger partial charge < -0.3 is 34.1 Å². The van der Waals surface area contributed by atoms with Gasteiger partial charge in [0, 0.05) is 37.7 Å². The zero-order chi connectivity index (χ0) is 32.3. The van der Waals surface area contributed by atoms with Crippen LogP contribution in [0, 0.1) is 0 Å². The zero-order valence-electron chi connectivity index (χ0n) is 25.0. The second-order valence-corrected chi connectivity index (χ2v) is 10.7. The van der Waals surface area contributed by atoms with Crippen LogP contribution in [-0.2, 0) is 38.1 Å². The molecule has 1 fully saturated rings. The van der Waals surface area contributed by atoms with Gasteiger partial charge in [0.15, 0.2) is 18.5 Å². The number of amides is 1. The number of aliphatic carboxylic acids is 1. The van der Waals surface area contributed by atoms with Gasteiger partial charge in [0.2, 0.25) is 0 Å². The van der Waals surface area contributed by atoms with Gasteiger partial charge >= 0.3 is 24.0 Å². The van der Waals surface area contributed by atoms with Gasteiger partial charge in [-0.25, -0.2) is 4.79 Å². The largest absolute Gasteiger partial charge is 0.481 e. The van der Waals surface area contributed by atoms with E-state index in [0.717, 1.165) is 36.1 Å². The summed E-state index contributed by atoms with van der Waals surface area (Å²) in [4.78, 5) is 51.1. The van der Waals surface area contributed by atoms with Crippen LogP contribution in [0.4, 0.5) is 4.79 Å². The van der Waals surface area contributed by atoms with Crippen molar-refractivity contribution in [1.29, 1.82) is 0 Å². The molecule has 0 aromatic heterocycles. The summed E-state index contributed by atoms with van der Waals surface area (Å²) in [5.74, 6) is -2.56. The van der Waals surface area contributed by atoms with Crippen LogP contribution in [0.25, 0.3) is 21.6 Å². The van der Waals surface area contributed by atoms with Crippen molar-refractivity contribution in [3.05, 3.63) is 70.1 Å². The fraction of sp³-hybridized carbons (Fsp3) is 0.484. The second kappa shape index (κ2) is 15.9. The second-order valence-electron chi connectivity index (χ2n) is 10.7. The average Bonchev–Trinajstić information content (AvgIpc) is 3.32. The number of benzene rings is 2. The summed E-state index contributed by atoms with van der Waals surface area (Å²) in [6, 6.07) is 14.6. The normalized spacial score (nSPS) is 21.9. The lowest BCUT2D eigenvalue weighted by Crippen LogP contribution is -2.66. The third-order valence-corrected chi connectivity index (χ3v) is 7.52. The molecule has 0 saturated carbocycles. The highest BCUT2D eigenvalue weighted by molar-refractivity contribution is 5.79. The van der Waals surface area contributed by atoms with Gasteiger partial charge in [-0.05, 0) is 40.6 Å². The maximum Gasteiger partial charge on any atom is 0.407 e. The van der Waals surface area contributed by atoms with Gasteiger partial charge in [0.05, 0.1) is 6.54 Å². The number of esters is 2. The molecule has 240 valence electrons. The number of rotatable bonds is 14. The molecule has 1 saturated heterocycles. The smallest absolute Gasteiger partial charge is 0.407 e. The van der Waals surface area contributed by atoms with E-state index in [1.165, 1.54) is 0 Å². The maximum atomic E-state index is 13.3. The third-order valence-electron chi connectivity index (χ3n) is 7.52. The van der Waals surface area contributed by atoms with Crippen LogP contribution in [0.2, 0.25) is 0 Å². The minimum absolute atomic E-state index is 0.00759. The summed E-state index contributed by atoms with van der Waals surface area (Å²) in [5, 5.41) is 15.1. The van der Waals surface area contributed by atoms with Crippen molar-refractivity contribution in [2.75, 3.05) is 19.8 Å². The Morgan fingerprint density at radius 2 is 1.56 bits per heavy atom. The van der Waals surface area contributed by atoms with Crippen LogP contribution in [0.5, 0.6) is 0 Å². The third kappa shape index (κ3) is 8.72. The molecular formula is C31H36N4O10. The number of nitrogens with one attached hydrogen (secondary N) is 1. The Balaban J connectivity index is 1.53. The molecule has 0 spiro atoms. The molecule has 2 N–H and O–H groups in total. The van der Waals surface area contributed by atoms with Crippen LogP contribution in [0.15, 0.2) is 53.6 Å². The number of carboxylic acid groups (broad SMARTS) is 1. The Morgan fingerprint density at radius 3 is 2.16 bits per heavy atom. The van der Waals surface area contributed by atoms with Crippen molar-refractivity contribution in [3.8, 4) is 11.1 Å². The first-order valence-corrected chi connectivity index (χ1v) is 14.6. The van der Waals surface area contributed by atoms with Crippen LogP contribution in [-0.4, -0.2) is 79.5 Å². The van der Waals surface area contributed by atoms with E-state index in [1.54, 1.807) is 0 Å². The molecular weight excluding hydrogens is 588 g/mol. The van der Waals surface area contributed by atoms with E-state index in [0.29, 0.717) is 19.3 Å². The summed E-state index contributed by atoms with van der Waals surface area (Å²) in [6.45, 7) is 2.14. The lowest BCUT2D eigenvalue weighted by molar-refractivity contribution is -0.269. The zero-order valence-corrected chi connectivity index (χ0v) is 25.0. The molecule has 1 aliphatic carbocycles. The Hall–Kier alpha value is -4.65. The number of azide groups is 1. The Bertz CT molecular complexity index is 1380. The van der Waals surface area contributed by atoms with E-state index < -0.39 is 54.6 Å². The molecule has 2 aromatic carbocycles. The molecule has 0 bridgehead atoms. The first-order valence-electron chi connectivity index (χ1n) is 14.6. The molecule has 45 heavy (non-hydrogen) atoms. The highest BCUT2D eigenvalue weighted by Crippen LogP contribution is 2.44. The number of carbonyl (C=O) groups excluding carboxylic acids is 3. The van der Waals surface area contributed by atoms with Crippen LogP contribution in [0.1, 0.15) is 56.6 Å². The number of nitrogens with zero attached hydrogens (tertiary/aromatic N) is 3. The van der Waals surface area contributed by atoms with Gasteiger partial charge in [-0.15, -0.1) is 0 Å². The van der Waals surface area contributed by atoms with E-state index in [2.05, 4.69) is 15.3 Å². The number of fused-ring (bicyclic) bond motifs is 3. The number of hydrogen-bond donors (Lipinski definition) is 2. The molecule has 1 amide bonds. The van der Waals surface area contributed by atoms with Gasteiger partial charge in [0.1, 0.15) is 18.8 Å². The molecule has 4 rings (SSSR count). The highest BCUT2D eigenvalue weighted by atomic mass is 16.7. The van der Waals surface area contributed by atoms with E-state index >= 15 is 0 Å². The molecule has 2 aromatic rings. The van der Waals surface area contributed by atoms with E-state index in [-0.39, 0.29) is 32.1 Å². The SMILES string of the molecule is CC(=O)OC1C(CN=[N+]=[N-])OC(OCCCCCC(=O)O)C(NC(=O)OCC2c3ccccc3-c3ccccc32)C1OC(C)=O. The molecule has 14 nitrogen and oxygen atoms in total. The first kappa shape index (κ1) is 33.2. The maximum absolute atomic E-state index is 13.3. The molecule has 14 heteroatoms. The predicted octanol–water partition coefficient (Wildman–Crippen LogP) is 4.45.